The molecule has 1 heterocycles. The summed E-state index contributed by atoms with van der Waals surface area (Å²) in [4.78, 5) is 6.83. The second kappa shape index (κ2) is 7.54. The normalized spacial score (nSPS) is 19.7. The SMILES string of the molecule is CCC(CNC(=NC)NC(C)C)N1CCCC1. The van der Waals surface area contributed by atoms with E-state index in [0.29, 0.717) is 12.1 Å². The van der Waals surface area contributed by atoms with E-state index < -0.39 is 0 Å². The Morgan fingerprint density at radius 2 is 1.94 bits per heavy atom. The summed E-state index contributed by atoms with van der Waals surface area (Å²) in [6, 6.07) is 1.07. The molecule has 0 radical (unpaired) electrons. The molecule has 0 bridgehead atoms. The van der Waals surface area contributed by atoms with Crippen molar-refractivity contribution < 1.29 is 0 Å². The molecular formula is C13H28N4. The number of hydrogen-bond donors (Lipinski definition) is 2. The van der Waals surface area contributed by atoms with Gasteiger partial charge in [0.2, 0.25) is 0 Å². The molecule has 1 unspecified atom stereocenters. The number of guanidine groups is 1. The van der Waals surface area contributed by atoms with Crippen molar-refractivity contribution in [2.45, 2.75) is 52.1 Å². The van der Waals surface area contributed by atoms with E-state index in [0.717, 1.165) is 12.5 Å². The van der Waals surface area contributed by atoms with Gasteiger partial charge in [-0.1, -0.05) is 6.92 Å². The minimum atomic E-state index is 0.424. The van der Waals surface area contributed by atoms with Gasteiger partial charge in [-0.2, -0.15) is 0 Å². The lowest BCUT2D eigenvalue weighted by Gasteiger charge is -2.27. The molecule has 100 valence electrons. The van der Waals surface area contributed by atoms with Crippen molar-refractivity contribution in [1.82, 2.24) is 15.5 Å². The van der Waals surface area contributed by atoms with Crippen LogP contribution in [-0.4, -0.2) is 49.6 Å². The second-order valence-corrected chi connectivity index (χ2v) is 5.06. The molecule has 0 aromatic carbocycles. The van der Waals surface area contributed by atoms with Crippen LogP contribution >= 0.6 is 0 Å². The first-order valence-corrected chi connectivity index (χ1v) is 6.88. The first-order valence-electron chi connectivity index (χ1n) is 6.88. The van der Waals surface area contributed by atoms with Gasteiger partial charge in [0.15, 0.2) is 5.96 Å². The molecule has 1 saturated heterocycles. The van der Waals surface area contributed by atoms with Gasteiger partial charge in [-0.15, -0.1) is 0 Å². The highest BCUT2D eigenvalue weighted by atomic mass is 15.2. The lowest BCUT2D eigenvalue weighted by atomic mass is 10.2. The third-order valence-electron chi connectivity index (χ3n) is 3.28. The minimum Gasteiger partial charge on any atom is -0.355 e. The van der Waals surface area contributed by atoms with Gasteiger partial charge in [-0.3, -0.25) is 9.89 Å². The van der Waals surface area contributed by atoms with Crippen LogP contribution in [0.5, 0.6) is 0 Å². The Morgan fingerprint density at radius 1 is 1.29 bits per heavy atom. The molecule has 1 aliphatic rings. The molecule has 2 N–H and O–H groups in total. The van der Waals surface area contributed by atoms with Gasteiger partial charge in [0, 0.05) is 25.7 Å². The number of rotatable bonds is 5. The highest BCUT2D eigenvalue weighted by molar-refractivity contribution is 5.79. The van der Waals surface area contributed by atoms with E-state index in [-0.39, 0.29) is 0 Å². The molecule has 4 heteroatoms. The summed E-state index contributed by atoms with van der Waals surface area (Å²) in [5.74, 6) is 0.914. The standard InChI is InChI=1S/C13H28N4/c1-5-12(17-8-6-7-9-17)10-15-13(14-4)16-11(2)3/h11-12H,5-10H2,1-4H3,(H2,14,15,16). The zero-order valence-electron chi connectivity index (χ0n) is 11.8. The van der Waals surface area contributed by atoms with E-state index in [4.69, 9.17) is 0 Å². The zero-order chi connectivity index (χ0) is 12.7. The molecule has 0 aromatic heterocycles. The number of nitrogens with zero attached hydrogens (tertiary/aromatic N) is 2. The van der Waals surface area contributed by atoms with Crippen LogP contribution in [0.25, 0.3) is 0 Å². The summed E-state index contributed by atoms with van der Waals surface area (Å²) in [7, 11) is 1.83. The first kappa shape index (κ1) is 14.3. The molecule has 0 aromatic rings. The van der Waals surface area contributed by atoms with E-state index >= 15 is 0 Å². The van der Waals surface area contributed by atoms with Crippen LogP contribution in [0.4, 0.5) is 0 Å². The number of hydrogen-bond acceptors (Lipinski definition) is 2. The molecule has 1 fully saturated rings. The number of nitrogens with one attached hydrogen (secondary N) is 2. The monoisotopic (exact) mass is 240 g/mol. The Morgan fingerprint density at radius 3 is 2.41 bits per heavy atom. The molecule has 0 amide bonds. The Labute approximate surface area is 106 Å². The highest BCUT2D eigenvalue weighted by Gasteiger charge is 2.20. The fourth-order valence-corrected chi connectivity index (χ4v) is 2.32. The fraction of sp³-hybridized carbons (Fsp3) is 0.923. The fourth-order valence-electron chi connectivity index (χ4n) is 2.32. The van der Waals surface area contributed by atoms with Gasteiger partial charge in [-0.25, -0.2) is 0 Å². The van der Waals surface area contributed by atoms with E-state index in [2.05, 4.69) is 41.3 Å². The van der Waals surface area contributed by atoms with Crippen molar-refractivity contribution in [3.8, 4) is 0 Å². The topological polar surface area (TPSA) is 39.7 Å². The van der Waals surface area contributed by atoms with Crippen LogP contribution in [0.15, 0.2) is 4.99 Å². The van der Waals surface area contributed by atoms with Gasteiger partial charge in [-0.05, 0) is 46.2 Å². The average molecular weight is 240 g/mol. The Hall–Kier alpha value is -0.770. The Balaban J connectivity index is 2.35. The van der Waals surface area contributed by atoms with Crippen molar-refractivity contribution in [1.29, 1.82) is 0 Å². The van der Waals surface area contributed by atoms with E-state index in [1.54, 1.807) is 0 Å². The average Bonchev–Trinajstić information content (AvgIpc) is 2.81. The predicted octanol–water partition coefficient (Wildman–Crippen LogP) is 1.43. The van der Waals surface area contributed by atoms with E-state index in [9.17, 15) is 0 Å². The summed E-state index contributed by atoms with van der Waals surface area (Å²) >= 11 is 0. The van der Waals surface area contributed by atoms with Crippen molar-refractivity contribution in [3.63, 3.8) is 0 Å². The van der Waals surface area contributed by atoms with Gasteiger partial charge < -0.3 is 10.6 Å². The van der Waals surface area contributed by atoms with Crippen LogP contribution in [0, 0.1) is 0 Å². The molecule has 0 spiro atoms. The molecule has 0 aliphatic carbocycles. The molecule has 0 saturated carbocycles. The molecule has 1 atom stereocenters. The third kappa shape index (κ3) is 4.94. The van der Waals surface area contributed by atoms with Crippen LogP contribution in [-0.2, 0) is 0 Å². The first-order chi connectivity index (χ1) is 8.17. The molecule has 1 rings (SSSR count). The summed E-state index contributed by atoms with van der Waals surface area (Å²) in [6.45, 7) is 10.0. The maximum absolute atomic E-state index is 4.24. The smallest absolute Gasteiger partial charge is 0.191 e. The highest BCUT2D eigenvalue weighted by Crippen LogP contribution is 2.13. The summed E-state index contributed by atoms with van der Waals surface area (Å²) in [5.41, 5.74) is 0. The van der Waals surface area contributed by atoms with Gasteiger partial charge >= 0.3 is 0 Å². The number of likely N-dealkylation sites (tertiary alicyclic amines) is 1. The molecule has 1 aliphatic heterocycles. The van der Waals surface area contributed by atoms with Crippen molar-refractivity contribution in [2.24, 2.45) is 4.99 Å². The van der Waals surface area contributed by atoms with Crippen LogP contribution in [0.2, 0.25) is 0 Å². The van der Waals surface area contributed by atoms with Gasteiger partial charge in [0.25, 0.3) is 0 Å². The quantitative estimate of drug-likeness (QED) is 0.564. The largest absolute Gasteiger partial charge is 0.355 e. The molecular weight excluding hydrogens is 212 g/mol. The summed E-state index contributed by atoms with van der Waals surface area (Å²) in [5, 5.41) is 6.75. The molecule has 4 nitrogen and oxygen atoms in total. The van der Waals surface area contributed by atoms with E-state index in [1.165, 1.54) is 32.4 Å². The zero-order valence-corrected chi connectivity index (χ0v) is 11.8. The minimum absolute atomic E-state index is 0.424. The predicted molar refractivity (Wildman–Crippen MR) is 74.5 cm³/mol. The number of aliphatic imine (C=N–C) groups is 1. The van der Waals surface area contributed by atoms with Crippen LogP contribution in [0.3, 0.4) is 0 Å². The van der Waals surface area contributed by atoms with Crippen LogP contribution < -0.4 is 10.6 Å². The lowest BCUT2D eigenvalue weighted by Crippen LogP contribution is -2.47. The van der Waals surface area contributed by atoms with Crippen molar-refractivity contribution >= 4 is 5.96 Å². The van der Waals surface area contributed by atoms with Crippen molar-refractivity contribution in [3.05, 3.63) is 0 Å². The second-order valence-electron chi connectivity index (χ2n) is 5.06. The Kier molecular flexibility index (Phi) is 6.34. The summed E-state index contributed by atoms with van der Waals surface area (Å²) < 4.78 is 0. The third-order valence-corrected chi connectivity index (χ3v) is 3.28. The summed E-state index contributed by atoms with van der Waals surface area (Å²) in [6.07, 6.45) is 3.91. The lowest BCUT2D eigenvalue weighted by molar-refractivity contribution is 0.236. The Bertz CT molecular complexity index is 232. The molecule has 17 heavy (non-hydrogen) atoms. The van der Waals surface area contributed by atoms with Gasteiger partial charge in [0.05, 0.1) is 0 Å². The van der Waals surface area contributed by atoms with E-state index in [1.807, 2.05) is 7.05 Å². The van der Waals surface area contributed by atoms with Crippen molar-refractivity contribution in [2.75, 3.05) is 26.7 Å². The van der Waals surface area contributed by atoms with Gasteiger partial charge in [0.1, 0.15) is 0 Å². The van der Waals surface area contributed by atoms with Crippen LogP contribution in [0.1, 0.15) is 40.0 Å². The maximum Gasteiger partial charge on any atom is 0.191 e. The maximum atomic E-state index is 4.24.